The molecule has 24 heavy (non-hydrogen) atoms. The maximum atomic E-state index is 14.1. The van der Waals surface area contributed by atoms with Gasteiger partial charge in [-0.2, -0.15) is 0 Å². The van der Waals surface area contributed by atoms with Crippen LogP contribution < -0.4 is 4.90 Å². The van der Waals surface area contributed by atoms with Crippen molar-refractivity contribution in [3.63, 3.8) is 0 Å². The topological polar surface area (TPSA) is 41.4 Å². The first-order valence-corrected chi connectivity index (χ1v) is 8.51. The van der Waals surface area contributed by atoms with E-state index in [2.05, 4.69) is 16.8 Å². The van der Waals surface area contributed by atoms with Crippen LogP contribution in [0.2, 0.25) is 0 Å². The van der Waals surface area contributed by atoms with Crippen LogP contribution in [-0.4, -0.2) is 46.5 Å². The third-order valence-corrected chi connectivity index (χ3v) is 4.39. The second-order valence-corrected chi connectivity index (χ2v) is 6.02. The Morgan fingerprint density at radius 3 is 2.67 bits per heavy atom. The number of carbonyl (C=O) groups excluding carboxylic acids is 1. The summed E-state index contributed by atoms with van der Waals surface area (Å²) in [7, 11) is 0. The zero-order valence-electron chi connectivity index (χ0n) is 14.0. The first-order chi connectivity index (χ1) is 11.7. The number of benzene rings is 1. The summed E-state index contributed by atoms with van der Waals surface area (Å²) >= 11 is 0. The Bertz CT molecular complexity index is 692. The summed E-state index contributed by atoms with van der Waals surface area (Å²) in [5, 5.41) is 0. The quantitative estimate of drug-likeness (QED) is 0.846. The molecule has 0 radical (unpaired) electrons. The molecule has 0 aliphatic carbocycles. The molecule has 1 saturated heterocycles. The normalized spacial score (nSPS) is 14.9. The number of unbranched alkanes of at least 4 members (excludes halogenated alkanes) is 1. The van der Waals surface area contributed by atoms with Crippen LogP contribution in [0, 0.1) is 5.82 Å². The summed E-state index contributed by atoms with van der Waals surface area (Å²) in [6, 6.07) is 6.68. The van der Waals surface area contributed by atoms with Crippen molar-refractivity contribution in [1.82, 2.24) is 14.5 Å². The summed E-state index contributed by atoms with van der Waals surface area (Å²) in [6.45, 7) is 4.89. The van der Waals surface area contributed by atoms with E-state index in [-0.39, 0.29) is 11.7 Å². The monoisotopic (exact) mass is 330 g/mol. The van der Waals surface area contributed by atoms with Gasteiger partial charge in [0.2, 0.25) is 11.9 Å². The molecule has 2 heterocycles. The van der Waals surface area contributed by atoms with E-state index in [1.165, 1.54) is 6.07 Å². The minimum atomic E-state index is -0.273. The summed E-state index contributed by atoms with van der Waals surface area (Å²) in [5.41, 5.74) is 0.492. The maximum absolute atomic E-state index is 14.1. The van der Waals surface area contributed by atoms with E-state index in [1.807, 2.05) is 11.0 Å². The summed E-state index contributed by atoms with van der Waals surface area (Å²) < 4.78 is 15.8. The highest BCUT2D eigenvalue weighted by atomic mass is 19.1. The minimum Gasteiger partial charge on any atom is -0.339 e. The molecule has 1 aliphatic rings. The molecule has 128 valence electrons. The average molecular weight is 330 g/mol. The lowest BCUT2D eigenvalue weighted by Crippen LogP contribution is -2.49. The van der Waals surface area contributed by atoms with Crippen LogP contribution in [0.1, 0.15) is 26.2 Å². The third-order valence-electron chi connectivity index (χ3n) is 4.39. The number of anilines is 1. The zero-order chi connectivity index (χ0) is 16.9. The smallest absolute Gasteiger partial charge is 0.222 e. The first kappa shape index (κ1) is 16.5. The predicted molar refractivity (Wildman–Crippen MR) is 91.8 cm³/mol. The molecule has 0 atom stereocenters. The molecular weight excluding hydrogens is 307 g/mol. The van der Waals surface area contributed by atoms with E-state index in [9.17, 15) is 9.18 Å². The lowest BCUT2D eigenvalue weighted by molar-refractivity contribution is -0.131. The molecule has 3 rings (SSSR count). The van der Waals surface area contributed by atoms with Gasteiger partial charge in [-0.25, -0.2) is 9.37 Å². The van der Waals surface area contributed by atoms with Crippen LogP contribution >= 0.6 is 0 Å². The molecule has 0 saturated carbocycles. The van der Waals surface area contributed by atoms with Gasteiger partial charge >= 0.3 is 0 Å². The van der Waals surface area contributed by atoms with Gasteiger partial charge in [-0.15, -0.1) is 0 Å². The van der Waals surface area contributed by atoms with E-state index in [1.54, 1.807) is 29.1 Å². The van der Waals surface area contributed by atoms with Crippen LogP contribution in [0.15, 0.2) is 36.7 Å². The Morgan fingerprint density at radius 2 is 1.96 bits per heavy atom. The summed E-state index contributed by atoms with van der Waals surface area (Å²) in [5.74, 6) is 0.680. The molecule has 0 N–H and O–H groups in total. The van der Waals surface area contributed by atoms with Gasteiger partial charge in [0.1, 0.15) is 5.82 Å². The third kappa shape index (κ3) is 3.42. The largest absolute Gasteiger partial charge is 0.339 e. The fourth-order valence-corrected chi connectivity index (χ4v) is 3.01. The molecule has 5 nitrogen and oxygen atoms in total. The van der Waals surface area contributed by atoms with Crippen molar-refractivity contribution in [2.45, 2.75) is 26.2 Å². The number of hydrogen-bond donors (Lipinski definition) is 0. The number of aromatic nitrogens is 2. The molecule has 0 spiro atoms. The fourth-order valence-electron chi connectivity index (χ4n) is 3.01. The van der Waals surface area contributed by atoms with E-state index in [0.717, 1.165) is 18.8 Å². The van der Waals surface area contributed by atoms with Crippen molar-refractivity contribution in [3.8, 4) is 5.69 Å². The number of amides is 1. The van der Waals surface area contributed by atoms with Gasteiger partial charge < -0.3 is 9.80 Å². The van der Waals surface area contributed by atoms with Gasteiger partial charge in [-0.3, -0.25) is 9.36 Å². The van der Waals surface area contributed by atoms with Crippen molar-refractivity contribution < 1.29 is 9.18 Å². The first-order valence-electron chi connectivity index (χ1n) is 8.51. The maximum Gasteiger partial charge on any atom is 0.222 e. The van der Waals surface area contributed by atoms with Gasteiger partial charge in [-0.05, 0) is 18.6 Å². The Morgan fingerprint density at radius 1 is 1.21 bits per heavy atom. The molecule has 1 fully saturated rings. The van der Waals surface area contributed by atoms with Crippen LogP contribution in [0.5, 0.6) is 0 Å². The Balaban J connectivity index is 1.69. The molecule has 1 aromatic heterocycles. The highest BCUT2D eigenvalue weighted by Crippen LogP contribution is 2.21. The van der Waals surface area contributed by atoms with Crippen LogP contribution in [-0.2, 0) is 4.79 Å². The average Bonchev–Trinajstić information content (AvgIpc) is 3.09. The molecule has 1 aliphatic heterocycles. The minimum absolute atomic E-state index is 0.231. The SMILES string of the molecule is CCCCC(=O)N1CCN(c2nccn2-c2ccccc2F)CC1. The highest BCUT2D eigenvalue weighted by Gasteiger charge is 2.23. The Hall–Kier alpha value is -2.37. The van der Waals surface area contributed by atoms with Crippen molar-refractivity contribution in [1.29, 1.82) is 0 Å². The predicted octanol–water partition coefficient (Wildman–Crippen LogP) is 2.85. The molecule has 1 aromatic carbocycles. The summed E-state index contributed by atoms with van der Waals surface area (Å²) in [6.07, 6.45) is 6.05. The standard InChI is InChI=1S/C18H23FN4O/c1-2-3-8-17(24)21-11-13-22(14-12-21)18-20-9-10-23(18)16-7-5-4-6-15(16)19/h4-7,9-10H,2-3,8,11-14H2,1H3. The lowest BCUT2D eigenvalue weighted by atomic mass is 10.2. The number of carbonyl (C=O) groups is 1. The van der Waals surface area contributed by atoms with Crippen molar-refractivity contribution in [2.24, 2.45) is 0 Å². The number of piperazine rings is 1. The molecule has 1 amide bonds. The van der Waals surface area contributed by atoms with Gasteiger partial charge in [0.25, 0.3) is 0 Å². The number of halogens is 1. The van der Waals surface area contributed by atoms with Crippen LogP contribution in [0.25, 0.3) is 5.69 Å². The summed E-state index contributed by atoms with van der Waals surface area (Å²) in [4.78, 5) is 20.5. The van der Waals surface area contributed by atoms with Gasteiger partial charge in [-0.1, -0.05) is 25.5 Å². The molecule has 0 bridgehead atoms. The second-order valence-electron chi connectivity index (χ2n) is 6.02. The fraction of sp³-hybridized carbons (Fsp3) is 0.444. The lowest BCUT2D eigenvalue weighted by Gasteiger charge is -2.35. The molecule has 0 unspecified atom stereocenters. The van der Waals surface area contributed by atoms with Crippen molar-refractivity contribution >= 4 is 11.9 Å². The van der Waals surface area contributed by atoms with E-state index in [0.29, 0.717) is 38.3 Å². The second kappa shape index (κ2) is 7.47. The van der Waals surface area contributed by atoms with Gasteiger partial charge in [0, 0.05) is 45.0 Å². The highest BCUT2D eigenvalue weighted by molar-refractivity contribution is 5.76. The van der Waals surface area contributed by atoms with E-state index < -0.39 is 0 Å². The van der Waals surface area contributed by atoms with E-state index >= 15 is 0 Å². The van der Waals surface area contributed by atoms with Gasteiger partial charge in [0.15, 0.2) is 0 Å². The molecule has 2 aromatic rings. The van der Waals surface area contributed by atoms with Crippen molar-refractivity contribution in [2.75, 3.05) is 31.1 Å². The number of rotatable bonds is 5. The number of para-hydroxylation sites is 1. The number of imidazole rings is 1. The van der Waals surface area contributed by atoms with Gasteiger partial charge in [0.05, 0.1) is 5.69 Å². The zero-order valence-corrected chi connectivity index (χ0v) is 14.0. The number of hydrogen-bond acceptors (Lipinski definition) is 3. The Labute approximate surface area is 141 Å². The molecule has 6 heteroatoms. The van der Waals surface area contributed by atoms with Crippen LogP contribution in [0.3, 0.4) is 0 Å². The van der Waals surface area contributed by atoms with Crippen molar-refractivity contribution in [3.05, 3.63) is 42.5 Å². The van der Waals surface area contributed by atoms with Crippen LogP contribution in [0.4, 0.5) is 10.3 Å². The number of nitrogens with zero attached hydrogens (tertiary/aromatic N) is 4. The Kier molecular flexibility index (Phi) is 5.13. The van der Waals surface area contributed by atoms with E-state index in [4.69, 9.17) is 0 Å². The molecular formula is C18H23FN4O.